The summed E-state index contributed by atoms with van der Waals surface area (Å²) < 4.78 is 0. The third kappa shape index (κ3) is 4.42. The maximum Gasteiger partial charge on any atom is 0.271 e. The Labute approximate surface area is 136 Å². The minimum Gasteiger partial charge on any atom is -0.508 e. The molecule has 120 valence electrons. The van der Waals surface area contributed by atoms with Gasteiger partial charge in [0.1, 0.15) is 5.75 Å². The van der Waals surface area contributed by atoms with E-state index in [2.05, 4.69) is 43.4 Å². The maximum absolute atomic E-state index is 12.0. The SMILES string of the molecule is C/C(=N/NC(=O)c1ccc(O)cc1)c1ccc(C(C)(C)C)cc1. The van der Waals surface area contributed by atoms with Crippen LogP contribution in [0.5, 0.6) is 5.75 Å². The number of carbonyl (C=O) groups is 1. The highest BCUT2D eigenvalue weighted by atomic mass is 16.3. The molecule has 0 fully saturated rings. The van der Waals surface area contributed by atoms with Crippen molar-refractivity contribution in [3.05, 3.63) is 65.2 Å². The standard InChI is InChI=1S/C19H22N2O2/c1-13(14-5-9-16(10-6-14)19(2,3)4)20-21-18(23)15-7-11-17(22)12-8-15/h5-12,22H,1-4H3,(H,21,23)/b20-13-. The highest BCUT2D eigenvalue weighted by Gasteiger charge is 2.13. The molecule has 0 atom stereocenters. The number of carbonyl (C=O) groups excluding carboxylic acids is 1. The number of benzene rings is 2. The summed E-state index contributed by atoms with van der Waals surface area (Å²) in [7, 11) is 0. The molecule has 0 aliphatic carbocycles. The first-order valence-corrected chi connectivity index (χ1v) is 7.52. The van der Waals surface area contributed by atoms with Crippen molar-refractivity contribution in [2.24, 2.45) is 5.10 Å². The van der Waals surface area contributed by atoms with Crippen LogP contribution in [0.1, 0.15) is 49.2 Å². The molecule has 0 bridgehead atoms. The predicted molar refractivity (Wildman–Crippen MR) is 92.9 cm³/mol. The quantitative estimate of drug-likeness (QED) is 0.668. The zero-order valence-electron chi connectivity index (χ0n) is 13.9. The van der Waals surface area contributed by atoms with Crippen LogP contribution in [0.4, 0.5) is 0 Å². The van der Waals surface area contributed by atoms with Crippen LogP contribution in [0.25, 0.3) is 0 Å². The molecular weight excluding hydrogens is 288 g/mol. The van der Waals surface area contributed by atoms with Crippen LogP contribution >= 0.6 is 0 Å². The molecule has 23 heavy (non-hydrogen) atoms. The van der Waals surface area contributed by atoms with E-state index in [-0.39, 0.29) is 17.1 Å². The molecule has 4 heteroatoms. The van der Waals surface area contributed by atoms with Crippen molar-refractivity contribution in [3.63, 3.8) is 0 Å². The van der Waals surface area contributed by atoms with Gasteiger partial charge in [-0.2, -0.15) is 5.10 Å². The monoisotopic (exact) mass is 310 g/mol. The number of phenols is 1. The predicted octanol–water partition coefficient (Wildman–Crippen LogP) is 3.84. The lowest BCUT2D eigenvalue weighted by Crippen LogP contribution is -2.19. The summed E-state index contributed by atoms with van der Waals surface area (Å²) in [5, 5.41) is 13.4. The van der Waals surface area contributed by atoms with Crippen LogP contribution < -0.4 is 5.43 Å². The minimum absolute atomic E-state index is 0.108. The van der Waals surface area contributed by atoms with Crippen molar-refractivity contribution in [2.45, 2.75) is 33.1 Å². The highest BCUT2D eigenvalue weighted by Crippen LogP contribution is 2.22. The van der Waals surface area contributed by atoms with E-state index in [1.165, 1.54) is 17.7 Å². The van der Waals surface area contributed by atoms with E-state index in [9.17, 15) is 9.90 Å². The largest absolute Gasteiger partial charge is 0.508 e. The van der Waals surface area contributed by atoms with Gasteiger partial charge in [-0.05, 0) is 47.7 Å². The van der Waals surface area contributed by atoms with Crippen molar-refractivity contribution in [3.8, 4) is 5.75 Å². The van der Waals surface area contributed by atoms with Crippen LogP contribution in [0.3, 0.4) is 0 Å². The maximum atomic E-state index is 12.0. The van der Waals surface area contributed by atoms with E-state index in [1.807, 2.05) is 19.1 Å². The number of nitrogens with one attached hydrogen (secondary N) is 1. The van der Waals surface area contributed by atoms with E-state index in [0.717, 1.165) is 11.3 Å². The Hall–Kier alpha value is -2.62. The molecule has 4 nitrogen and oxygen atoms in total. The Kier molecular flexibility index (Phi) is 4.84. The Morgan fingerprint density at radius 1 is 0.957 bits per heavy atom. The van der Waals surface area contributed by atoms with E-state index < -0.39 is 0 Å². The molecule has 0 saturated heterocycles. The first kappa shape index (κ1) is 16.7. The fourth-order valence-corrected chi connectivity index (χ4v) is 2.09. The number of phenolic OH excluding ortho intramolecular Hbond substituents is 1. The summed E-state index contributed by atoms with van der Waals surface area (Å²) >= 11 is 0. The van der Waals surface area contributed by atoms with Gasteiger partial charge in [-0.15, -0.1) is 0 Å². The molecule has 0 radical (unpaired) electrons. The van der Waals surface area contributed by atoms with Crippen LogP contribution in [0, 0.1) is 0 Å². The smallest absolute Gasteiger partial charge is 0.271 e. The molecule has 0 aliphatic rings. The minimum atomic E-state index is -0.310. The van der Waals surface area contributed by atoms with E-state index in [0.29, 0.717) is 5.56 Å². The van der Waals surface area contributed by atoms with Crippen molar-refractivity contribution < 1.29 is 9.90 Å². The van der Waals surface area contributed by atoms with Crippen molar-refractivity contribution in [2.75, 3.05) is 0 Å². The molecule has 1 amide bonds. The zero-order chi connectivity index (χ0) is 17.0. The van der Waals surface area contributed by atoms with Crippen LogP contribution in [0.2, 0.25) is 0 Å². The zero-order valence-corrected chi connectivity index (χ0v) is 13.9. The van der Waals surface area contributed by atoms with Gasteiger partial charge in [-0.3, -0.25) is 4.79 Å². The van der Waals surface area contributed by atoms with E-state index in [4.69, 9.17) is 0 Å². The van der Waals surface area contributed by atoms with Gasteiger partial charge in [0.15, 0.2) is 0 Å². The third-order valence-electron chi connectivity index (χ3n) is 3.62. The summed E-state index contributed by atoms with van der Waals surface area (Å²) in [6.07, 6.45) is 0. The number of nitrogens with zero attached hydrogens (tertiary/aromatic N) is 1. The van der Waals surface area contributed by atoms with Gasteiger partial charge in [-0.25, -0.2) is 5.43 Å². The number of hydrogen-bond acceptors (Lipinski definition) is 3. The molecule has 0 aliphatic heterocycles. The summed E-state index contributed by atoms with van der Waals surface area (Å²) in [5.41, 5.74) is 6.03. The molecular formula is C19H22N2O2. The fraction of sp³-hybridized carbons (Fsp3) is 0.263. The molecule has 0 saturated carbocycles. The van der Waals surface area contributed by atoms with E-state index in [1.54, 1.807) is 12.1 Å². The highest BCUT2D eigenvalue weighted by molar-refractivity contribution is 6.00. The van der Waals surface area contributed by atoms with E-state index >= 15 is 0 Å². The van der Waals surface area contributed by atoms with Crippen molar-refractivity contribution in [1.29, 1.82) is 0 Å². The number of aromatic hydroxyl groups is 1. The van der Waals surface area contributed by atoms with Gasteiger partial charge in [0, 0.05) is 5.56 Å². The second-order valence-corrected chi connectivity index (χ2v) is 6.51. The lowest BCUT2D eigenvalue weighted by molar-refractivity contribution is 0.0955. The number of hydrogen-bond donors (Lipinski definition) is 2. The average molecular weight is 310 g/mol. The second-order valence-electron chi connectivity index (χ2n) is 6.51. The number of hydrazone groups is 1. The summed E-state index contributed by atoms with van der Waals surface area (Å²) in [5.74, 6) is -0.184. The molecule has 2 rings (SSSR count). The number of rotatable bonds is 3. The third-order valence-corrected chi connectivity index (χ3v) is 3.62. The Morgan fingerprint density at radius 3 is 2.00 bits per heavy atom. The Bertz CT molecular complexity index is 709. The van der Waals surface area contributed by atoms with Gasteiger partial charge in [0.25, 0.3) is 5.91 Å². The van der Waals surface area contributed by atoms with Gasteiger partial charge in [-0.1, -0.05) is 45.0 Å². The van der Waals surface area contributed by atoms with Gasteiger partial charge in [0.05, 0.1) is 5.71 Å². The fourth-order valence-electron chi connectivity index (χ4n) is 2.09. The molecule has 0 unspecified atom stereocenters. The summed E-state index contributed by atoms with van der Waals surface area (Å²) in [6.45, 7) is 8.35. The van der Waals surface area contributed by atoms with Gasteiger partial charge >= 0.3 is 0 Å². The lowest BCUT2D eigenvalue weighted by atomic mass is 9.86. The molecule has 0 spiro atoms. The van der Waals surface area contributed by atoms with Crippen molar-refractivity contribution >= 4 is 11.6 Å². The van der Waals surface area contributed by atoms with Crippen molar-refractivity contribution in [1.82, 2.24) is 5.43 Å². The van der Waals surface area contributed by atoms with Gasteiger partial charge < -0.3 is 5.11 Å². The molecule has 2 N–H and O–H groups in total. The van der Waals surface area contributed by atoms with Crippen LogP contribution in [-0.4, -0.2) is 16.7 Å². The molecule has 2 aromatic rings. The molecule has 2 aromatic carbocycles. The Morgan fingerprint density at radius 2 is 1.48 bits per heavy atom. The molecule has 0 heterocycles. The average Bonchev–Trinajstić information content (AvgIpc) is 2.52. The second kappa shape index (κ2) is 6.65. The molecule has 0 aromatic heterocycles. The Balaban J connectivity index is 2.07. The first-order valence-electron chi connectivity index (χ1n) is 7.52. The first-order chi connectivity index (χ1) is 10.8. The topological polar surface area (TPSA) is 61.7 Å². The summed E-state index contributed by atoms with van der Waals surface area (Å²) in [4.78, 5) is 12.0. The van der Waals surface area contributed by atoms with Crippen LogP contribution in [0.15, 0.2) is 53.6 Å². The number of amides is 1. The van der Waals surface area contributed by atoms with Crippen LogP contribution in [-0.2, 0) is 5.41 Å². The normalized spacial score (nSPS) is 12.1. The van der Waals surface area contributed by atoms with Gasteiger partial charge in [0.2, 0.25) is 0 Å². The lowest BCUT2D eigenvalue weighted by Gasteiger charge is -2.19. The summed E-state index contributed by atoms with van der Waals surface area (Å²) in [6, 6.07) is 14.2.